The minimum Gasteiger partial charge on any atom is -0.489 e. The van der Waals surface area contributed by atoms with E-state index in [0.29, 0.717) is 47.6 Å². The fourth-order valence-corrected chi connectivity index (χ4v) is 4.36. The maximum Gasteiger partial charge on any atom is 0.172 e. The maximum absolute atomic E-state index is 6.62. The van der Waals surface area contributed by atoms with E-state index in [0.717, 1.165) is 33.6 Å². The van der Waals surface area contributed by atoms with E-state index in [1.165, 1.54) is 0 Å². The number of hydrogen-bond acceptors (Lipinski definition) is 4. The largest absolute Gasteiger partial charge is 0.489 e. The molecule has 1 aliphatic heterocycles. The van der Waals surface area contributed by atoms with E-state index in [9.17, 15) is 0 Å². The van der Waals surface area contributed by atoms with E-state index < -0.39 is 0 Å². The lowest BCUT2D eigenvalue weighted by Crippen LogP contribution is -2.14. The highest BCUT2D eigenvalue weighted by atomic mass is 35.5. The number of anilines is 1. The first-order chi connectivity index (χ1) is 17.1. The molecule has 0 atom stereocenters. The molecule has 0 bridgehead atoms. The fourth-order valence-electron chi connectivity index (χ4n) is 4.12. The van der Waals surface area contributed by atoms with Crippen LogP contribution in [0.2, 0.25) is 5.02 Å². The Balaban J connectivity index is 1.44. The standard InChI is InChI=1S/C30H26ClNO3/c1-20-14-24-17-28(34-19-22-10-6-3-7-11-22)30(35-29(24)26(32)15-20)23-12-13-27(25(31)16-23)33-18-21-8-4-2-5-9-21/h2-16H,17-19,32H2,1H3. The number of nitrogens with two attached hydrogens (primary N) is 1. The van der Waals surface area contributed by atoms with Crippen molar-refractivity contribution in [3.05, 3.63) is 130 Å². The summed E-state index contributed by atoms with van der Waals surface area (Å²) in [6, 6.07) is 29.7. The van der Waals surface area contributed by atoms with Crippen molar-refractivity contribution in [2.24, 2.45) is 0 Å². The molecular formula is C30H26ClNO3. The van der Waals surface area contributed by atoms with Crippen LogP contribution in [0, 0.1) is 6.92 Å². The highest BCUT2D eigenvalue weighted by Gasteiger charge is 2.25. The number of allylic oxidation sites excluding steroid dienone is 1. The van der Waals surface area contributed by atoms with Crippen molar-refractivity contribution < 1.29 is 14.2 Å². The molecule has 0 radical (unpaired) electrons. The number of ether oxygens (including phenoxy) is 3. The van der Waals surface area contributed by atoms with Gasteiger partial charge < -0.3 is 19.9 Å². The SMILES string of the molecule is Cc1cc(N)c2c(c1)CC(OCc1ccccc1)=C(c1ccc(OCc3ccccc3)c(Cl)c1)O2. The fraction of sp³-hybridized carbons (Fsp3) is 0.133. The van der Waals surface area contributed by atoms with Crippen molar-refractivity contribution in [2.45, 2.75) is 26.6 Å². The van der Waals surface area contributed by atoms with Crippen LogP contribution < -0.4 is 15.2 Å². The van der Waals surface area contributed by atoms with Gasteiger partial charge in [0, 0.05) is 17.5 Å². The van der Waals surface area contributed by atoms with E-state index in [2.05, 4.69) is 6.07 Å². The lowest BCUT2D eigenvalue weighted by molar-refractivity contribution is 0.184. The first-order valence-electron chi connectivity index (χ1n) is 11.5. The molecule has 176 valence electrons. The molecular weight excluding hydrogens is 458 g/mol. The van der Waals surface area contributed by atoms with Crippen molar-refractivity contribution in [2.75, 3.05) is 5.73 Å². The van der Waals surface area contributed by atoms with Crippen LogP contribution in [0.15, 0.2) is 96.8 Å². The van der Waals surface area contributed by atoms with Crippen LogP contribution in [-0.4, -0.2) is 0 Å². The van der Waals surface area contributed by atoms with Crippen LogP contribution in [0.5, 0.6) is 11.5 Å². The Labute approximate surface area is 210 Å². The number of fused-ring (bicyclic) bond motifs is 1. The monoisotopic (exact) mass is 483 g/mol. The number of hydrogen-bond donors (Lipinski definition) is 1. The maximum atomic E-state index is 6.62. The Morgan fingerprint density at radius 2 is 1.49 bits per heavy atom. The molecule has 0 spiro atoms. The molecule has 35 heavy (non-hydrogen) atoms. The van der Waals surface area contributed by atoms with Crippen LogP contribution in [0.4, 0.5) is 5.69 Å². The van der Waals surface area contributed by atoms with Gasteiger partial charge in [0.25, 0.3) is 0 Å². The van der Waals surface area contributed by atoms with Crippen LogP contribution in [-0.2, 0) is 24.4 Å². The summed E-state index contributed by atoms with van der Waals surface area (Å²) in [7, 11) is 0. The second-order valence-corrected chi connectivity index (χ2v) is 8.97. The van der Waals surface area contributed by atoms with Gasteiger partial charge in [-0.15, -0.1) is 0 Å². The van der Waals surface area contributed by atoms with Gasteiger partial charge in [-0.2, -0.15) is 0 Å². The Morgan fingerprint density at radius 3 is 2.14 bits per heavy atom. The molecule has 0 aliphatic carbocycles. The summed E-state index contributed by atoms with van der Waals surface area (Å²) < 4.78 is 18.6. The van der Waals surface area contributed by atoms with Gasteiger partial charge in [0.1, 0.15) is 24.7 Å². The molecule has 0 fully saturated rings. The number of nitrogen functional groups attached to an aromatic ring is 1. The number of aryl methyl sites for hydroxylation is 1. The molecule has 4 aromatic carbocycles. The zero-order valence-electron chi connectivity index (χ0n) is 19.5. The Morgan fingerprint density at radius 1 is 0.829 bits per heavy atom. The third-order valence-corrected chi connectivity index (χ3v) is 6.13. The number of halogens is 1. The van der Waals surface area contributed by atoms with Crippen LogP contribution >= 0.6 is 11.6 Å². The van der Waals surface area contributed by atoms with Crippen LogP contribution in [0.1, 0.15) is 27.8 Å². The van der Waals surface area contributed by atoms with Crippen LogP contribution in [0.25, 0.3) is 5.76 Å². The van der Waals surface area contributed by atoms with Gasteiger partial charge >= 0.3 is 0 Å². The van der Waals surface area contributed by atoms with E-state index in [1.54, 1.807) is 0 Å². The summed E-state index contributed by atoms with van der Waals surface area (Å²) in [5.74, 6) is 2.62. The molecule has 5 rings (SSSR count). The molecule has 2 N–H and O–H groups in total. The zero-order chi connectivity index (χ0) is 24.2. The second-order valence-electron chi connectivity index (χ2n) is 8.57. The highest BCUT2D eigenvalue weighted by Crippen LogP contribution is 2.41. The topological polar surface area (TPSA) is 53.7 Å². The van der Waals surface area contributed by atoms with E-state index >= 15 is 0 Å². The van der Waals surface area contributed by atoms with Crippen molar-refractivity contribution >= 4 is 23.0 Å². The third-order valence-electron chi connectivity index (χ3n) is 5.83. The molecule has 0 amide bonds. The first kappa shape index (κ1) is 22.9. The van der Waals surface area contributed by atoms with Crippen molar-refractivity contribution in [1.29, 1.82) is 0 Å². The minimum atomic E-state index is 0.436. The predicted octanol–water partition coefficient (Wildman–Crippen LogP) is 7.33. The smallest absolute Gasteiger partial charge is 0.172 e. The predicted molar refractivity (Wildman–Crippen MR) is 140 cm³/mol. The zero-order valence-corrected chi connectivity index (χ0v) is 20.2. The summed E-state index contributed by atoms with van der Waals surface area (Å²) in [6.07, 6.45) is 0.577. The summed E-state index contributed by atoms with van der Waals surface area (Å²) in [5.41, 5.74) is 12.0. The molecule has 5 heteroatoms. The second kappa shape index (κ2) is 10.2. The Kier molecular flexibility index (Phi) is 6.64. The van der Waals surface area contributed by atoms with E-state index in [4.69, 9.17) is 31.5 Å². The quantitative estimate of drug-likeness (QED) is 0.279. The van der Waals surface area contributed by atoms with E-state index in [-0.39, 0.29) is 0 Å². The molecule has 1 heterocycles. The Hall–Kier alpha value is -3.89. The van der Waals surface area contributed by atoms with E-state index in [1.807, 2.05) is 91.9 Å². The Bertz CT molecular complexity index is 1370. The number of benzene rings is 4. The first-order valence-corrected chi connectivity index (χ1v) is 11.9. The lowest BCUT2D eigenvalue weighted by atomic mass is 10.00. The minimum absolute atomic E-state index is 0.436. The summed E-state index contributed by atoms with van der Waals surface area (Å²) in [4.78, 5) is 0. The molecule has 4 aromatic rings. The van der Waals surface area contributed by atoms with Gasteiger partial charge in [-0.05, 0) is 47.9 Å². The normalized spacial score (nSPS) is 12.6. The highest BCUT2D eigenvalue weighted by molar-refractivity contribution is 6.32. The van der Waals surface area contributed by atoms with Crippen molar-refractivity contribution in [3.63, 3.8) is 0 Å². The van der Waals surface area contributed by atoms with Crippen LogP contribution in [0.3, 0.4) is 0 Å². The molecule has 0 aromatic heterocycles. The molecule has 4 nitrogen and oxygen atoms in total. The van der Waals surface area contributed by atoms with Gasteiger partial charge in [0.15, 0.2) is 11.5 Å². The summed E-state index contributed by atoms with van der Waals surface area (Å²) in [5, 5.41) is 0.500. The lowest BCUT2D eigenvalue weighted by Gasteiger charge is -2.25. The summed E-state index contributed by atoms with van der Waals surface area (Å²) in [6.45, 7) is 2.90. The third kappa shape index (κ3) is 5.28. The molecule has 1 aliphatic rings. The van der Waals surface area contributed by atoms with Gasteiger partial charge in [-0.25, -0.2) is 0 Å². The van der Waals surface area contributed by atoms with Gasteiger partial charge in [-0.3, -0.25) is 0 Å². The van der Waals surface area contributed by atoms with Crippen molar-refractivity contribution in [1.82, 2.24) is 0 Å². The van der Waals surface area contributed by atoms with Crippen molar-refractivity contribution in [3.8, 4) is 11.5 Å². The number of rotatable bonds is 7. The summed E-state index contributed by atoms with van der Waals surface area (Å²) >= 11 is 6.62. The average molecular weight is 484 g/mol. The average Bonchev–Trinajstić information content (AvgIpc) is 2.87. The van der Waals surface area contributed by atoms with Gasteiger partial charge in [0.2, 0.25) is 0 Å². The molecule has 0 unspecified atom stereocenters. The van der Waals surface area contributed by atoms with Gasteiger partial charge in [-0.1, -0.05) is 78.3 Å². The molecule has 0 saturated carbocycles. The molecule has 0 saturated heterocycles. The van der Waals surface area contributed by atoms with Gasteiger partial charge in [0.05, 0.1) is 10.7 Å².